The number of hydrogen-bond donors (Lipinski definition) is 2. The van der Waals surface area contributed by atoms with Crippen molar-refractivity contribution >= 4 is 39.8 Å². The second-order valence-electron chi connectivity index (χ2n) is 4.81. The van der Waals surface area contributed by atoms with E-state index in [9.17, 15) is 4.79 Å². The molecule has 7 heteroatoms. The zero-order chi connectivity index (χ0) is 16.1. The number of aromatic nitrogens is 2. The highest BCUT2D eigenvalue weighted by atomic mass is 32.2. The predicted molar refractivity (Wildman–Crippen MR) is 93.5 cm³/mol. The van der Waals surface area contributed by atoms with E-state index in [1.807, 2.05) is 13.0 Å². The molecule has 1 amide bonds. The van der Waals surface area contributed by atoms with Crippen LogP contribution < -0.4 is 11.1 Å². The van der Waals surface area contributed by atoms with Crippen molar-refractivity contribution in [3.63, 3.8) is 0 Å². The molecule has 118 valence electrons. The number of nitrogens with zero attached hydrogens (tertiary/aromatic N) is 2. The molecule has 3 N–H and O–H groups in total. The normalized spacial score (nSPS) is 12.1. The molecule has 0 saturated carbocycles. The molecule has 1 aromatic heterocycles. The van der Waals surface area contributed by atoms with Crippen LogP contribution in [0, 0.1) is 0 Å². The van der Waals surface area contributed by atoms with Gasteiger partial charge >= 0.3 is 0 Å². The molecule has 1 heterocycles. The molecule has 1 atom stereocenters. The molecule has 0 bridgehead atoms. The number of rotatable bonds is 6. The number of anilines is 2. The van der Waals surface area contributed by atoms with Crippen molar-refractivity contribution in [3.8, 4) is 0 Å². The molecule has 0 unspecified atom stereocenters. The van der Waals surface area contributed by atoms with E-state index >= 15 is 0 Å². The van der Waals surface area contributed by atoms with Crippen molar-refractivity contribution in [2.45, 2.75) is 43.2 Å². The van der Waals surface area contributed by atoms with Gasteiger partial charge in [0.2, 0.25) is 11.0 Å². The van der Waals surface area contributed by atoms with E-state index < -0.39 is 0 Å². The maximum Gasteiger partial charge on any atom is 0.237 e. The number of amides is 1. The Morgan fingerprint density at radius 1 is 1.32 bits per heavy atom. The summed E-state index contributed by atoms with van der Waals surface area (Å²) >= 11 is 2.67. The number of para-hydroxylation sites is 1. The van der Waals surface area contributed by atoms with Gasteiger partial charge in [-0.05, 0) is 30.9 Å². The summed E-state index contributed by atoms with van der Waals surface area (Å²) in [6.07, 6.45) is 1.77. The first-order valence-corrected chi connectivity index (χ1v) is 8.92. The minimum Gasteiger partial charge on any atom is -0.374 e. The van der Waals surface area contributed by atoms with E-state index in [2.05, 4.69) is 41.5 Å². The fourth-order valence-corrected chi connectivity index (χ4v) is 3.88. The summed E-state index contributed by atoms with van der Waals surface area (Å²) < 4.78 is 0.708. The third kappa shape index (κ3) is 3.98. The first-order valence-electron chi connectivity index (χ1n) is 7.22. The highest BCUT2D eigenvalue weighted by molar-refractivity contribution is 8.02. The molecule has 2 aromatic rings. The molecular weight excluding hydrogens is 316 g/mol. The largest absolute Gasteiger partial charge is 0.374 e. The third-order valence-corrected chi connectivity index (χ3v) is 5.25. The van der Waals surface area contributed by atoms with E-state index in [4.69, 9.17) is 5.73 Å². The average Bonchev–Trinajstić information content (AvgIpc) is 2.92. The maximum atomic E-state index is 12.5. The van der Waals surface area contributed by atoms with Crippen molar-refractivity contribution in [1.82, 2.24) is 10.2 Å². The number of nitrogens with one attached hydrogen (secondary N) is 1. The van der Waals surface area contributed by atoms with Crippen LogP contribution >= 0.6 is 23.1 Å². The van der Waals surface area contributed by atoms with Gasteiger partial charge in [-0.2, -0.15) is 0 Å². The second kappa shape index (κ2) is 7.60. The summed E-state index contributed by atoms with van der Waals surface area (Å²) in [5, 5.41) is 10.9. The molecule has 0 radical (unpaired) electrons. The lowest BCUT2D eigenvalue weighted by molar-refractivity contribution is -0.115. The molecule has 0 saturated heterocycles. The minimum atomic E-state index is -0.262. The number of carbonyl (C=O) groups is 1. The Hall–Kier alpha value is -1.60. The fraction of sp³-hybridized carbons (Fsp3) is 0.400. The van der Waals surface area contributed by atoms with Gasteiger partial charge < -0.3 is 11.1 Å². The zero-order valence-electron chi connectivity index (χ0n) is 12.9. The van der Waals surface area contributed by atoms with Gasteiger partial charge in [0.15, 0.2) is 4.34 Å². The van der Waals surface area contributed by atoms with Gasteiger partial charge in [-0.3, -0.25) is 4.79 Å². The third-order valence-electron chi connectivity index (χ3n) is 3.32. The standard InChI is InChI=1S/C15H20N4OS2/c1-4-10-7-6-8-11(5-2)12(10)17-13(20)9(3)21-15-19-18-14(16)22-15/h6-9H,4-5H2,1-3H3,(H2,16,18)(H,17,20)/t9-/m0/s1. The molecule has 0 fully saturated rings. The lowest BCUT2D eigenvalue weighted by atomic mass is 10.0. The van der Waals surface area contributed by atoms with Crippen molar-refractivity contribution < 1.29 is 4.79 Å². The van der Waals surface area contributed by atoms with Crippen LogP contribution in [-0.2, 0) is 17.6 Å². The average molecular weight is 336 g/mol. The smallest absolute Gasteiger partial charge is 0.237 e. The van der Waals surface area contributed by atoms with Crippen molar-refractivity contribution in [1.29, 1.82) is 0 Å². The van der Waals surface area contributed by atoms with Gasteiger partial charge in [-0.15, -0.1) is 10.2 Å². The van der Waals surface area contributed by atoms with Crippen LogP contribution in [-0.4, -0.2) is 21.4 Å². The Kier molecular flexibility index (Phi) is 5.79. The second-order valence-corrected chi connectivity index (χ2v) is 7.41. The Bertz CT molecular complexity index is 634. The van der Waals surface area contributed by atoms with Gasteiger partial charge in [0, 0.05) is 5.69 Å². The fourth-order valence-electron chi connectivity index (χ4n) is 2.10. The minimum absolute atomic E-state index is 0.0330. The van der Waals surface area contributed by atoms with E-state index in [1.165, 1.54) is 23.1 Å². The molecule has 0 aliphatic rings. The van der Waals surface area contributed by atoms with Crippen molar-refractivity contribution in [2.24, 2.45) is 0 Å². The Morgan fingerprint density at radius 2 is 1.95 bits per heavy atom. The molecule has 1 aromatic carbocycles. The van der Waals surface area contributed by atoms with Crippen LogP contribution in [0.2, 0.25) is 0 Å². The Morgan fingerprint density at radius 3 is 2.45 bits per heavy atom. The van der Waals surface area contributed by atoms with E-state index in [1.54, 1.807) is 0 Å². The molecular formula is C15H20N4OS2. The number of benzene rings is 1. The highest BCUT2D eigenvalue weighted by Crippen LogP contribution is 2.29. The summed E-state index contributed by atoms with van der Waals surface area (Å²) in [4.78, 5) is 12.5. The van der Waals surface area contributed by atoms with Crippen molar-refractivity contribution in [2.75, 3.05) is 11.1 Å². The Balaban J connectivity index is 2.11. The molecule has 5 nitrogen and oxygen atoms in total. The lowest BCUT2D eigenvalue weighted by Crippen LogP contribution is -2.23. The number of hydrogen-bond acceptors (Lipinski definition) is 6. The highest BCUT2D eigenvalue weighted by Gasteiger charge is 2.19. The number of thioether (sulfide) groups is 1. The summed E-state index contributed by atoms with van der Waals surface area (Å²) in [6, 6.07) is 6.14. The summed E-state index contributed by atoms with van der Waals surface area (Å²) in [5.41, 5.74) is 8.82. The monoisotopic (exact) mass is 336 g/mol. The van der Waals surface area contributed by atoms with Crippen LogP contribution in [0.4, 0.5) is 10.8 Å². The quantitative estimate of drug-likeness (QED) is 0.791. The van der Waals surface area contributed by atoms with Crippen LogP contribution in [0.1, 0.15) is 31.9 Å². The molecule has 22 heavy (non-hydrogen) atoms. The van der Waals surface area contributed by atoms with Crippen molar-refractivity contribution in [3.05, 3.63) is 29.3 Å². The number of aryl methyl sites for hydroxylation is 2. The summed E-state index contributed by atoms with van der Waals surface area (Å²) in [6.45, 7) is 6.04. The molecule has 2 rings (SSSR count). The van der Waals surface area contributed by atoms with E-state index in [0.29, 0.717) is 9.47 Å². The van der Waals surface area contributed by atoms with Crippen LogP contribution in [0.15, 0.2) is 22.5 Å². The van der Waals surface area contributed by atoms with Gasteiger partial charge in [-0.1, -0.05) is 55.1 Å². The van der Waals surface area contributed by atoms with Crippen LogP contribution in [0.25, 0.3) is 0 Å². The number of nitrogen functional groups attached to an aromatic ring is 1. The molecule has 0 aliphatic carbocycles. The number of carbonyl (C=O) groups excluding carboxylic acids is 1. The first-order chi connectivity index (χ1) is 10.5. The Labute approximate surface area is 138 Å². The van der Waals surface area contributed by atoms with Gasteiger partial charge in [0.1, 0.15) is 0 Å². The van der Waals surface area contributed by atoms with E-state index in [0.717, 1.165) is 29.7 Å². The summed E-state index contributed by atoms with van der Waals surface area (Å²) in [5.74, 6) is -0.0330. The van der Waals surface area contributed by atoms with Gasteiger partial charge in [-0.25, -0.2) is 0 Å². The number of nitrogens with two attached hydrogens (primary N) is 1. The maximum absolute atomic E-state index is 12.5. The lowest BCUT2D eigenvalue weighted by Gasteiger charge is -2.16. The van der Waals surface area contributed by atoms with Crippen LogP contribution in [0.5, 0.6) is 0 Å². The molecule has 0 spiro atoms. The predicted octanol–water partition coefficient (Wildman–Crippen LogP) is 3.36. The molecule has 0 aliphatic heterocycles. The first kappa shape index (κ1) is 16.8. The van der Waals surface area contributed by atoms with Gasteiger partial charge in [0.05, 0.1) is 5.25 Å². The summed E-state index contributed by atoms with van der Waals surface area (Å²) in [7, 11) is 0. The van der Waals surface area contributed by atoms with E-state index in [-0.39, 0.29) is 11.2 Å². The van der Waals surface area contributed by atoms with Crippen LogP contribution in [0.3, 0.4) is 0 Å². The SMILES string of the molecule is CCc1cccc(CC)c1NC(=O)[C@H](C)Sc1nnc(N)s1. The van der Waals surface area contributed by atoms with Gasteiger partial charge in [0.25, 0.3) is 0 Å². The topological polar surface area (TPSA) is 80.9 Å². The zero-order valence-corrected chi connectivity index (χ0v) is 14.6.